The van der Waals surface area contributed by atoms with Crippen molar-refractivity contribution in [1.82, 2.24) is 4.98 Å². The number of halogens is 4. The fourth-order valence-electron chi connectivity index (χ4n) is 1.42. The largest absolute Gasteiger partial charge is 0.378 e. The second kappa shape index (κ2) is 5.99. The van der Waals surface area contributed by atoms with E-state index in [9.17, 15) is 4.39 Å². The highest BCUT2D eigenvalue weighted by Crippen LogP contribution is 2.24. The maximum atomic E-state index is 13.5. The number of anilines is 1. The maximum Gasteiger partial charge on any atom is 0.152 e. The van der Waals surface area contributed by atoms with Crippen molar-refractivity contribution in [1.29, 1.82) is 0 Å². The zero-order chi connectivity index (χ0) is 13.1. The Morgan fingerprint density at radius 1 is 1.22 bits per heavy atom. The molecule has 0 radical (unpaired) electrons. The highest BCUT2D eigenvalue weighted by Gasteiger charge is 2.06. The van der Waals surface area contributed by atoms with Gasteiger partial charge >= 0.3 is 0 Å². The van der Waals surface area contributed by atoms with E-state index in [4.69, 9.17) is 11.6 Å². The number of nitrogens with zero attached hydrogens (tertiary/aromatic N) is 1. The van der Waals surface area contributed by atoms with Gasteiger partial charge in [-0.05, 0) is 40.2 Å². The Morgan fingerprint density at radius 3 is 2.78 bits per heavy atom. The van der Waals surface area contributed by atoms with E-state index in [0.29, 0.717) is 22.9 Å². The van der Waals surface area contributed by atoms with E-state index in [1.807, 2.05) is 0 Å². The quantitative estimate of drug-likeness (QED) is 0.740. The first-order valence-electron chi connectivity index (χ1n) is 5.05. The molecule has 0 bridgehead atoms. The lowest BCUT2D eigenvalue weighted by Crippen LogP contribution is -2.03. The molecule has 2 aromatic rings. The summed E-state index contributed by atoms with van der Waals surface area (Å²) in [6, 6.07) is 6.60. The molecule has 1 aromatic carbocycles. The number of hydrogen-bond acceptors (Lipinski definition) is 2. The fraction of sp³-hybridized carbons (Fsp3) is 0.0833. The molecule has 6 heteroatoms. The molecule has 1 heterocycles. The van der Waals surface area contributed by atoms with Gasteiger partial charge in [0.05, 0.1) is 5.69 Å². The van der Waals surface area contributed by atoms with Crippen LogP contribution in [-0.2, 0) is 6.54 Å². The Hall–Kier alpha value is -0.650. The summed E-state index contributed by atoms with van der Waals surface area (Å²) in [6.45, 7) is 0.336. The van der Waals surface area contributed by atoms with E-state index in [2.05, 4.69) is 42.2 Å². The predicted octanol–water partition coefficient (Wildman–Crippen LogP) is 5.01. The average molecular weight is 394 g/mol. The molecule has 18 heavy (non-hydrogen) atoms. The monoisotopic (exact) mass is 392 g/mol. The molecule has 0 amide bonds. The van der Waals surface area contributed by atoms with Crippen molar-refractivity contribution in [3.63, 3.8) is 0 Å². The van der Waals surface area contributed by atoms with Crippen molar-refractivity contribution < 1.29 is 4.39 Å². The lowest BCUT2D eigenvalue weighted by Gasteiger charge is -2.09. The molecule has 0 aliphatic carbocycles. The second-order valence-electron chi connectivity index (χ2n) is 3.58. The van der Waals surface area contributed by atoms with Gasteiger partial charge < -0.3 is 5.32 Å². The van der Waals surface area contributed by atoms with E-state index in [1.54, 1.807) is 24.4 Å². The van der Waals surface area contributed by atoms with E-state index in [0.717, 1.165) is 8.95 Å². The molecule has 0 saturated heterocycles. The summed E-state index contributed by atoms with van der Waals surface area (Å²) in [5.41, 5.74) is 1.21. The third kappa shape index (κ3) is 3.43. The summed E-state index contributed by atoms with van der Waals surface area (Å²) in [5, 5.41) is 3.41. The lowest BCUT2D eigenvalue weighted by atomic mass is 10.2. The predicted molar refractivity (Wildman–Crippen MR) is 78.4 cm³/mol. The summed E-state index contributed by atoms with van der Waals surface area (Å²) in [4.78, 5) is 3.98. The fourth-order valence-corrected chi connectivity index (χ4v) is 2.33. The molecule has 94 valence electrons. The van der Waals surface area contributed by atoms with Crippen molar-refractivity contribution in [2.75, 3.05) is 5.32 Å². The molecule has 2 nitrogen and oxygen atoms in total. The van der Waals surface area contributed by atoms with E-state index in [1.165, 1.54) is 6.07 Å². The molecule has 1 aromatic heterocycles. The highest BCUT2D eigenvalue weighted by atomic mass is 79.9. The maximum absolute atomic E-state index is 13.5. The van der Waals surface area contributed by atoms with E-state index < -0.39 is 0 Å². The lowest BCUT2D eigenvalue weighted by molar-refractivity contribution is 0.612. The third-order valence-corrected chi connectivity index (χ3v) is 3.51. The number of benzene rings is 1. The average Bonchev–Trinajstić information content (AvgIpc) is 2.34. The second-order valence-corrected chi connectivity index (χ2v) is 5.77. The first kappa shape index (κ1) is 13.8. The van der Waals surface area contributed by atoms with Crippen molar-refractivity contribution in [2.24, 2.45) is 0 Å². The van der Waals surface area contributed by atoms with E-state index >= 15 is 0 Å². The van der Waals surface area contributed by atoms with Crippen LogP contribution in [0.15, 0.2) is 39.4 Å². The number of pyridine rings is 1. The van der Waals surface area contributed by atoms with Gasteiger partial charge in [0.15, 0.2) is 5.15 Å². The first-order chi connectivity index (χ1) is 8.56. The van der Waals surface area contributed by atoms with Crippen LogP contribution in [0.2, 0.25) is 5.15 Å². The van der Waals surface area contributed by atoms with Gasteiger partial charge in [-0.3, -0.25) is 0 Å². The Morgan fingerprint density at radius 2 is 2.00 bits per heavy atom. The topological polar surface area (TPSA) is 24.9 Å². The van der Waals surface area contributed by atoms with Crippen LogP contribution >= 0.6 is 43.5 Å². The number of hydrogen-bond donors (Lipinski definition) is 1. The normalized spacial score (nSPS) is 10.4. The number of rotatable bonds is 3. The van der Waals surface area contributed by atoms with Gasteiger partial charge in [-0.15, -0.1) is 0 Å². The molecule has 0 saturated carbocycles. The van der Waals surface area contributed by atoms with Crippen molar-refractivity contribution in [3.05, 3.63) is 55.9 Å². The summed E-state index contributed by atoms with van der Waals surface area (Å²) >= 11 is 12.6. The minimum atomic E-state index is -0.259. The van der Waals surface area contributed by atoms with Crippen LogP contribution in [0.5, 0.6) is 0 Å². The summed E-state index contributed by atoms with van der Waals surface area (Å²) in [7, 11) is 0. The molecule has 0 atom stereocenters. The van der Waals surface area contributed by atoms with Gasteiger partial charge in [0.1, 0.15) is 5.82 Å². The van der Waals surface area contributed by atoms with Crippen molar-refractivity contribution in [3.8, 4) is 0 Å². The van der Waals surface area contributed by atoms with Crippen LogP contribution in [0, 0.1) is 5.82 Å². The summed E-state index contributed by atoms with van der Waals surface area (Å²) in [6.07, 6.45) is 1.60. The Balaban J connectivity index is 2.16. The molecule has 2 rings (SSSR count). The minimum Gasteiger partial charge on any atom is -0.378 e. The van der Waals surface area contributed by atoms with Crippen molar-refractivity contribution in [2.45, 2.75) is 6.54 Å². The van der Waals surface area contributed by atoms with Crippen LogP contribution < -0.4 is 5.32 Å². The first-order valence-corrected chi connectivity index (χ1v) is 7.01. The zero-order valence-electron chi connectivity index (χ0n) is 9.05. The molecule has 0 spiro atoms. The third-order valence-electron chi connectivity index (χ3n) is 2.28. The highest BCUT2D eigenvalue weighted by molar-refractivity contribution is 9.10. The minimum absolute atomic E-state index is 0.259. The standard InChI is InChI=1S/C12H8Br2ClFN2/c13-8-1-2-10(16)7(3-8)5-17-11-4-9(14)6-18-12(11)15/h1-4,6,17H,5H2. The molecule has 0 aliphatic heterocycles. The van der Waals surface area contributed by atoms with Crippen LogP contribution in [0.4, 0.5) is 10.1 Å². The van der Waals surface area contributed by atoms with Crippen LogP contribution in [-0.4, -0.2) is 4.98 Å². The molecule has 0 aliphatic rings. The van der Waals surface area contributed by atoms with Gasteiger partial charge in [0, 0.05) is 27.3 Å². The van der Waals surface area contributed by atoms with Gasteiger partial charge in [0.2, 0.25) is 0 Å². The van der Waals surface area contributed by atoms with Crippen LogP contribution in [0.25, 0.3) is 0 Å². The SMILES string of the molecule is Fc1ccc(Br)cc1CNc1cc(Br)cnc1Cl. The molecule has 1 N–H and O–H groups in total. The van der Waals surface area contributed by atoms with Crippen LogP contribution in [0.1, 0.15) is 5.56 Å². The number of nitrogens with one attached hydrogen (secondary N) is 1. The molecule has 0 unspecified atom stereocenters. The number of aromatic nitrogens is 1. The summed E-state index contributed by atoms with van der Waals surface area (Å²) < 4.78 is 15.2. The Kier molecular flexibility index (Phi) is 4.59. The zero-order valence-corrected chi connectivity index (χ0v) is 13.0. The summed E-state index contributed by atoms with van der Waals surface area (Å²) in [5.74, 6) is -0.259. The van der Waals surface area contributed by atoms with Gasteiger partial charge in [-0.25, -0.2) is 9.37 Å². The van der Waals surface area contributed by atoms with Gasteiger partial charge in [-0.2, -0.15) is 0 Å². The van der Waals surface area contributed by atoms with Gasteiger partial charge in [0.25, 0.3) is 0 Å². The molecule has 0 fully saturated rings. The molecular formula is C12H8Br2ClFN2. The van der Waals surface area contributed by atoms with E-state index in [-0.39, 0.29) is 5.82 Å². The Labute approximate surface area is 126 Å². The smallest absolute Gasteiger partial charge is 0.152 e. The molecular weight excluding hydrogens is 386 g/mol. The Bertz CT molecular complexity index is 526. The van der Waals surface area contributed by atoms with Gasteiger partial charge in [-0.1, -0.05) is 27.5 Å². The van der Waals surface area contributed by atoms with Crippen LogP contribution in [0.3, 0.4) is 0 Å². The van der Waals surface area contributed by atoms with Crippen molar-refractivity contribution >= 4 is 49.1 Å².